The van der Waals surface area contributed by atoms with Crippen LogP contribution in [-0.2, 0) is 9.53 Å². The van der Waals surface area contributed by atoms with Crippen molar-refractivity contribution in [2.45, 2.75) is 17.4 Å². The lowest BCUT2D eigenvalue weighted by molar-refractivity contribution is -0.132. The third-order valence-corrected chi connectivity index (χ3v) is 4.17. The van der Waals surface area contributed by atoms with Crippen LogP contribution in [0.2, 0.25) is 0 Å². The van der Waals surface area contributed by atoms with Crippen molar-refractivity contribution in [3.05, 3.63) is 22.2 Å². The molecule has 0 amide bonds. The molecule has 94 valence electrons. The van der Waals surface area contributed by atoms with Gasteiger partial charge in [-0.2, -0.15) is 12.6 Å². The Morgan fingerprint density at radius 3 is 2.82 bits per heavy atom. The van der Waals surface area contributed by atoms with Crippen molar-refractivity contribution in [3.63, 3.8) is 0 Å². The Morgan fingerprint density at radius 1 is 1.71 bits per heavy atom. The first-order valence-corrected chi connectivity index (χ1v) is 6.83. The highest BCUT2D eigenvalue weighted by atomic mass is 79.9. The minimum atomic E-state index is -1.01. The maximum atomic E-state index is 11.3. The Kier molecular flexibility index (Phi) is 5.15. The lowest BCUT2D eigenvalue weighted by atomic mass is 10.1. The first kappa shape index (κ1) is 14.7. The van der Waals surface area contributed by atoms with Crippen LogP contribution in [0.25, 0.3) is 0 Å². The summed E-state index contributed by atoms with van der Waals surface area (Å²) in [6.07, 6.45) is 3.35. The minimum Gasteiger partial charge on any atom is -0.478 e. The predicted octanol–water partition coefficient (Wildman–Crippen LogP) is 3.20. The molecule has 0 radical (unpaired) electrons. The van der Waals surface area contributed by atoms with Gasteiger partial charge in [-0.1, -0.05) is 22.0 Å². The highest BCUT2D eigenvalue weighted by molar-refractivity contribution is 9.11. The summed E-state index contributed by atoms with van der Waals surface area (Å²) in [6, 6.07) is 0. The molecule has 0 bridgehead atoms. The van der Waals surface area contributed by atoms with E-state index in [2.05, 4.69) is 28.6 Å². The van der Waals surface area contributed by atoms with E-state index in [1.165, 1.54) is 6.08 Å². The van der Waals surface area contributed by atoms with E-state index in [0.29, 0.717) is 17.5 Å². The SMILES string of the molecule is CCOC(=O)S[C@]1(S)C=CC(C(=O)O)=C(Br)C1. The third-order valence-electron chi connectivity index (χ3n) is 1.96. The van der Waals surface area contributed by atoms with Gasteiger partial charge in [0.05, 0.1) is 16.3 Å². The smallest absolute Gasteiger partial charge is 0.368 e. The van der Waals surface area contributed by atoms with Crippen LogP contribution < -0.4 is 0 Å². The number of carbonyl (C=O) groups is 2. The van der Waals surface area contributed by atoms with Gasteiger partial charge in [0, 0.05) is 10.9 Å². The lowest BCUT2D eigenvalue weighted by Crippen LogP contribution is -2.21. The first-order valence-electron chi connectivity index (χ1n) is 4.77. The molecule has 0 aromatic heterocycles. The molecule has 0 saturated carbocycles. The second-order valence-corrected chi connectivity index (χ2v) is 6.59. The van der Waals surface area contributed by atoms with E-state index >= 15 is 0 Å². The average Bonchev–Trinajstić information content (AvgIpc) is 2.15. The number of carboxylic acid groups (broad SMARTS) is 1. The van der Waals surface area contributed by atoms with Crippen molar-refractivity contribution in [2.75, 3.05) is 6.61 Å². The summed E-state index contributed by atoms with van der Waals surface area (Å²) in [5.41, 5.74) is 0.180. The summed E-state index contributed by atoms with van der Waals surface area (Å²) in [6.45, 7) is 2.02. The summed E-state index contributed by atoms with van der Waals surface area (Å²) in [5, 5.41) is 8.46. The largest absolute Gasteiger partial charge is 0.478 e. The number of hydrogen-bond donors (Lipinski definition) is 2. The Morgan fingerprint density at radius 2 is 2.35 bits per heavy atom. The molecular formula is C10H11BrO4S2. The molecule has 1 rings (SSSR count). The molecule has 0 saturated heterocycles. The molecule has 0 aliphatic heterocycles. The number of hydrogen-bond acceptors (Lipinski definition) is 5. The van der Waals surface area contributed by atoms with Gasteiger partial charge in [-0.05, 0) is 24.8 Å². The quantitative estimate of drug-likeness (QED) is 0.470. The monoisotopic (exact) mass is 338 g/mol. The minimum absolute atomic E-state index is 0.180. The number of ether oxygens (including phenoxy) is 1. The Hall–Kier alpha value is -0.400. The molecular weight excluding hydrogens is 328 g/mol. The van der Waals surface area contributed by atoms with Crippen LogP contribution in [0.1, 0.15) is 13.3 Å². The molecule has 0 heterocycles. The molecule has 0 aromatic carbocycles. The van der Waals surface area contributed by atoms with Crippen LogP contribution in [0.3, 0.4) is 0 Å². The number of carboxylic acids is 1. The fourth-order valence-electron chi connectivity index (χ4n) is 1.23. The number of halogens is 1. The molecule has 7 heteroatoms. The predicted molar refractivity (Wildman–Crippen MR) is 73.7 cm³/mol. The number of rotatable bonds is 3. The zero-order chi connectivity index (χ0) is 13.1. The molecule has 1 atom stereocenters. The molecule has 1 aliphatic rings. The van der Waals surface area contributed by atoms with Crippen molar-refractivity contribution in [1.82, 2.24) is 0 Å². The Balaban J connectivity index is 2.76. The lowest BCUT2D eigenvalue weighted by Gasteiger charge is -2.26. The van der Waals surface area contributed by atoms with E-state index in [4.69, 9.17) is 9.84 Å². The third kappa shape index (κ3) is 4.08. The highest BCUT2D eigenvalue weighted by Gasteiger charge is 2.33. The maximum Gasteiger partial charge on any atom is 0.368 e. The number of carbonyl (C=O) groups excluding carboxylic acids is 1. The van der Waals surface area contributed by atoms with Crippen LogP contribution >= 0.6 is 40.3 Å². The van der Waals surface area contributed by atoms with E-state index in [1.54, 1.807) is 13.0 Å². The van der Waals surface area contributed by atoms with Gasteiger partial charge in [0.2, 0.25) is 0 Å². The number of allylic oxidation sites excluding steroid dienone is 1. The normalized spacial score (nSPS) is 23.7. The van der Waals surface area contributed by atoms with Gasteiger partial charge in [-0.25, -0.2) is 9.59 Å². The van der Waals surface area contributed by atoms with Crippen LogP contribution in [0.5, 0.6) is 0 Å². The number of thiol groups is 1. The number of thioether (sulfide) groups is 1. The molecule has 0 aromatic rings. The number of aliphatic carboxylic acids is 1. The van der Waals surface area contributed by atoms with Gasteiger partial charge in [0.1, 0.15) is 0 Å². The summed E-state index contributed by atoms with van der Waals surface area (Å²) < 4.78 is 4.55. The van der Waals surface area contributed by atoms with Gasteiger partial charge in [0.25, 0.3) is 0 Å². The van der Waals surface area contributed by atoms with E-state index in [0.717, 1.165) is 11.8 Å². The van der Waals surface area contributed by atoms with Gasteiger partial charge in [0.15, 0.2) is 0 Å². The van der Waals surface area contributed by atoms with Crippen LogP contribution in [-0.4, -0.2) is 27.1 Å². The van der Waals surface area contributed by atoms with Gasteiger partial charge in [-0.3, -0.25) is 0 Å². The van der Waals surface area contributed by atoms with Gasteiger partial charge >= 0.3 is 11.3 Å². The van der Waals surface area contributed by atoms with E-state index in [-0.39, 0.29) is 5.57 Å². The second kappa shape index (κ2) is 5.97. The molecule has 0 unspecified atom stereocenters. The average molecular weight is 339 g/mol. The molecule has 4 nitrogen and oxygen atoms in total. The summed E-state index contributed by atoms with van der Waals surface area (Å²) in [7, 11) is 0. The fraction of sp³-hybridized carbons (Fsp3) is 0.400. The fourth-order valence-corrected chi connectivity index (χ4v) is 3.65. The molecule has 1 N–H and O–H groups in total. The van der Waals surface area contributed by atoms with Crippen LogP contribution in [0, 0.1) is 0 Å². The summed E-state index contributed by atoms with van der Waals surface area (Å²) in [4.78, 5) is 22.2. The highest BCUT2D eigenvalue weighted by Crippen LogP contribution is 2.43. The van der Waals surface area contributed by atoms with Crippen LogP contribution in [0.15, 0.2) is 22.2 Å². The standard InChI is InChI=1S/C10H11BrO4S2/c1-2-15-9(14)17-10(16)4-3-6(8(12)13)7(11)5-10/h3-4,16H,2,5H2,1H3,(H,12,13)/t10-/m1/s1. The Bertz CT molecular complexity index is 405. The molecule has 0 spiro atoms. The Labute approximate surface area is 117 Å². The second-order valence-electron chi connectivity index (χ2n) is 3.26. The van der Waals surface area contributed by atoms with Crippen molar-refractivity contribution in [1.29, 1.82) is 0 Å². The van der Waals surface area contributed by atoms with E-state index < -0.39 is 15.3 Å². The maximum absolute atomic E-state index is 11.3. The topological polar surface area (TPSA) is 63.6 Å². The van der Waals surface area contributed by atoms with Gasteiger partial charge < -0.3 is 9.84 Å². The summed E-state index contributed by atoms with van der Waals surface area (Å²) in [5.74, 6) is -1.01. The zero-order valence-corrected chi connectivity index (χ0v) is 12.3. The van der Waals surface area contributed by atoms with Crippen molar-refractivity contribution < 1.29 is 19.4 Å². The van der Waals surface area contributed by atoms with Gasteiger partial charge in [-0.15, -0.1) is 0 Å². The first-order chi connectivity index (χ1) is 7.88. The molecule has 1 aliphatic carbocycles. The summed E-state index contributed by atoms with van der Waals surface area (Å²) >= 11 is 8.49. The van der Waals surface area contributed by atoms with Crippen molar-refractivity contribution >= 4 is 51.6 Å². The zero-order valence-electron chi connectivity index (χ0n) is 8.97. The molecule has 17 heavy (non-hydrogen) atoms. The van der Waals surface area contributed by atoms with E-state index in [1.807, 2.05) is 0 Å². The van der Waals surface area contributed by atoms with Crippen LogP contribution in [0.4, 0.5) is 4.79 Å². The van der Waals surface area contributed by atoms with Crippen molar-refractivity contribution in [3.8, 4) is 0 Å². The molecule has 0 fully saturated rings. The van der Waals surface area contributed by atoms with E-state index in [9.17, 15) is 9.59 Å². The van der Waals surface area contributed by atoms with Crippen molar-refractivity contribution in [2.24, 2.45) is 0 Å².